The molecule has 0 bridgehead atoms. The molecule has 4 atom stereocenters. The molecule has 1 aromatic carbocycles. The largest absolute Gasteiger partial charge is 0.368 e. The molecule has 3 rings (SSSR count). The van der Waals surface area contributed by atoms with Crippen LogP contribution in [0.3, 0.4) is 0 Å². The summed E-state index contributed by atoms with van der Waals surface area (Å²) in [6, 6.07) is 9.20. The van der Waals surface area contributed by atoms with Crippen molar-refractivity contribution in [2.24, 2.45) is 0 Å². The Morgan fingerprint density at radius 3 is 2.21 bits per heavy atom. The summed E-state index contributed by atoms with van der Waals surface area (Å²) in [6.45, 7) is 0.393. The zero-order valence-electron chi connectivity index (χ0n) is 16.0. The van der Waals surface area contributed by atoms with E-state index in [-0.39, 0.29) is 13.2 Å². The fourth-order valence-corrected chi connectivity index (χ4v) is 4.15. The Hall–Kier alpha value is -1.12. The average Bonchev–Trinajstić information content (AvgIpc) is 3.25. The standard InChI is InChI=1S/C17H24O10S2/c1-28(18,19)25-11-13-14(24-10-12-6-4-3-5-7-12)15(27-29(2,20)21)16(26-13)17-22-8-9-23-17/h3-7,13-17H,8-11H2,1-2H3/t13-,14-,15+,16-/m1/s1. The van der Waals surface area contributed by atoms with Gasteiger partial charge in [-0.3, -0.25) is 8.37 Å². The van der Waals surface area contributed by atoms with Crippen molar-refractivity contribution >= 4 is 20.2 Å². The Balaban J connectivity index is 1.83. The molecule has 2 fully saturated rings. The molecular formula is C17H24O10S2. The summed E-state index contributed by atoms with van der Waals surface area (Å²) in [4.78, 5) is 0. The second kappa shape index (κ2) is 9.35. The van der Waals surface area contributed by atoms with E-state index in [1.165, 1.54) is 0 Å². The third kappa shape index (κ3) is 6.69. The SMILES string of the molecule is CS(=O)(=O)OC[C@H]1O[C@@H](C2OCCO2)[C@@H](OS(C)(=O)=O)[C@@H]1OCc1ccccc1. The zero-order chi connectivity index (χ0) is 21.1. The quantitative estimate of drug-likeness (QED) is 0.474. The van der Waals surface area contributed by atoms with Gasteiger partial charge in [0.2, 0.25) is 0 Å². The number of benzene rings is 1. The smallest absolute Gasteiger partial charge is 0.264 e. The fourth-order valence-electron chi connectivity index (χ4n) is 3.15. The Morgan fingerprint density at radius 1 is 0.966 bits per heavy atom. The van der Waals surface area contributed by atoms with E-state index >= 15 is 0 Å². The van der Waals surface area contributed by atoms with Gasteiger partial charge in [0.1, 0.15) is 24.4 Å². The predicted octanol–water partition coefficient (Wildman–Crippen LogP) is 0.0331. The van der Waals surface area contributed by atoms with Crippen molar-refractivity contribution in [1.82, 2.24) is 0 Å². The molecule has 1 aromatic rings. The molecule has 2 heterocycles. The molecule has 10 nitrogen and oxygen atoms in total. The van der Waals surface area contributed by atoms with Gasteiger partial charge < -0.3 is 18.9 Å². The molecule has 164 valence electrons. The van der Waals surface area contributed by atoms with Crippen LogP contribution >= 0.6 is 0 Å². The molecule has 2 aliphatic rings. The van der Waals surface area contributed by atoms with Gasteiger partial charge in [-0.05, 0) is 5.56 Å². The summed E-state index contributed by atoms with van der Waals surface area (Å²) in [5.74, 6) is 0. The van der Waals surface area contributed by atoms with Crippen LogP contribution in [0.2, 0.25) is 0 Å². The first-order valence-electron chi connectivity index (χ1n) is 8.89. The van der Waals surface area contributed by atoms with Crippen LogP contribution in [0, 0.1) is 0 Å². The van der Waals surface area contributed by atoms with E-state index in [0.29, 0.717) is 13.2 Å². The Labute approximate surface area is 170 Å². The second-order valence-corrected chi connectivity index (χ2v) is 10.0. The van der Waals surface area contributed by atoms with E-state index in [0.717, 1.165) is 18.1 Å². The van der Waals surface area contributed by atoms with Crippen LogP contribution in [-0.4, -0.2) is 79.9 Å². The summed E-state index contributed by atoms with van der Waals surface area (Å²) < 4.78 is 79.3. The van der Waals surface area contributed by atoms with Gasteiger partial charge in [-0.2, -0.15) is 16.8 Å². The van der Waals surface area contributed by atoms with E-state index in [1.54, 1.807) is 0 Å². The van der Waals surface area contributed by atoms with Gasteiger partial charge in [0.25, 0.3) is 20.2 Å². The van der Waals surface area contributed by atoms with Crippen LogP contribution < -0.4 is 0 Å². The van der Waals surface area contributed by atoms with Crippen molar-refractivity contribution in [3.8, 4) is 0 Å². The third-order valence-corrected chi connectivity index (χ3v) is 5.42. The van der Waals surface area contributed by atoms with Crippen molar-refractivity contribution < 1.29 is 44.1 Å². The summed E-state index contributed by atoms with van der Waals surface area (Å²) in [5, 5.41) is 0. The van der Waals surface area contributed by atoms with Gasteiger partial charge in [0.15, 0.2) is 6.29 Å². The molecule has 0 N–H and O–H groups in total. The third-order valence-electron chi connectivity index (χ3n) is 4.28. The minimum Gasteiger partial charge on any atom is -0.368 e. The summed E-state index contributed by atoms with van der Waals surface area (Å²) in [7, 11) is -7.63. The molecule has 0 saturated carbocycles. The van der Waals surface area contributed by atoms with Crippen molar-refractivity contribution in [1.29, 1.82) is 0 Å². The van der Waals surface area contributed by atoms with E-state index in [2.05, 4.69) is 0 Å². The van der Waals surface area contributed by atoms with Gasteiger partial charge >= 0.3 is 0 Å². The van der Waals surface area contributed by atoms with Crippen LogP contribution in [-0.2, 0) is 54.2 Å². The number of hydrogen-bond donors (Lipinski definition) is 0. The molecule has 12 heteroatoms. The monoisotopic (exact) mass is 452 g/mol. The number of rotatable bonds is 9. The lowest BCUT2D eigenvalue weighted by atomic mass is 10.1. The molecule has 0 aromatic heterocycles. The minimum atomic E-state index is -3.88. The highest BCUT2D eigenvalue weighted by molar-refractivity contribution is 7.86. The van der Waals surface area contributed by atoms with Crippen LogP contribution in [0.4, 0.5) is 0 Å². The maximum Gasteiger partial charge on any atom is 0.264 e. The highest BCUT2D eigenvalue weighted by Gasteiger charge is 2.52. The van der Waals surface area contributed by atoms with Crippen LogP contribution in [0.5, 0.6) is 0 Å². The van der Waals surface area contributed by atoms with E-state index in [1.807, 2.05) is 30.3 Å². The lowest BCUT2D eigenvalue weighted by Gasteiger charge is -2.25. The van der Waals surface area contributed by atoms with Crippen LogP contribution in [0.1, 0.15) is 5.56 Å². The number of hydrogen-bond acceptors (Lipinski definition) is 10. The minimum absolute atomic E-state index is 0.132. The predicted molar refractivity (Wildman–Crippen MR) is 99.9 cm³/mol. The Bertz CT molecular complexity index is 865. The van der Waals surface area contributed by atoms with Crippen molar-refractivity contribution in [3.05, 3.63) is 35.9 Å². The van der Waals surface area contributed by atoms with Gasteiger partial charge in [0.05, 0.1) is 38.9 Å². The highest BCUT2D eigenvalue weighted by atomic mass is 32.2. The lowest BCUT2D eigenvalue weighted by molar-refractivity contribution is -0.156. The van der Waals surface area contributed by atoms with Crippen LogP contribution in [0.25, 0.3) is 0 Å². The molecule has 0 amide bonds. The highest BCUT2D eigenvalue weighted by Crippen LogP contribution is 2.33. The molecule has 2 saturated heterocycles. The van der Waals surface area contributed by atoms with E-state index < -0.39 is 50.9 Å². The number of ether oxygens (including phenoxy) is 4. The first kappa shape index (κ1) is 22.6. The van der Waals surface area contributed by atoms with Crippen molar-refractivity contribution in [3.63, 3.8) is 0 Å². The van der Waals surface area contributed by atoms with Gasteiger partial charge in [0, 0.05) is 0 Å². The molecule has 0 aliphatic carbocycles. The first-order chi connectivity index (χ1) is 13.6. The first-order valence-corrected chi connectivity index (χ1v) is 12.5. The molecule has 0 radical (unpaired) electrons. The lowest BCUT2D eigenvalue weighted by Crippen LogP contribution is -2.44. The zero-order valence-corrected chi connectivity index (χ0v) is 17.6. The maximum atomic E-state index is 11.8. The molecule has 0 spiro atoms. The summed E-state index contributed by atoms with van der Waals surface area (Å²) in [6.07, 6.45) is -2.96. The molecule has 2 aliphatic heterocycles. The summed E-state index contributed by atoms with van der Waals surface area (Å²) >= 11 is 0. The van der Waals surface area contributed by atoms with E-state index in [9.17, 15) is 16.8 Å². The molecule has 29 heavy (non-hydrogen) atoms. The van der Waals surface area contributed by atoms with Gasteiger partial charge in [-0.25, -0.2) is 0 Å². The van der Waals surface area contributed by atoms with Crippen LogP contribution in [0.15, 0.2) is 30.3 Å². The van der Waals surface area contributed by atoms with E-state index in [4.69, 9.17) is 27.3 Å². The molecule has 0 unspecified atom stereocenters. The topological polar surface area (TPSA) is 124 Å². The van der Waals surface area contributed by atoms with Crippen molar-refractivity contribution in [2.75, 3.05) is 32.3 Å². The maximum absolute atomic E-state index is 11.8. The average molecular weight is 453 g/mol. The Kier molecular flexibility index (Phi) is 7.27. The fraction of sp³-hybridized carbons (Fsp3) is 0.647. The van der Waals surface area contributed by atoms with Gasteiger partial charge in [-0.15, -0.1) is 0 Å². The summed E-state index contributed by atoms with van der Waals surface area (Å²) in [5.41, 5.74) is 0.838. The Morgan fingerprint density at radius 2 is 1.62 bits per heavy atom. The van der Waals surface area contributed by atoms with Gasteiger partial charge in [-0.1, -0.05) is 30.3 Å². The molecular weight excluding hydrogens is 428 g/mol. The normalized spacial score (nSPS) is 28.8. The van der Waals surface area contributed by atoms with Crippen molar-refractivity contribution in [2.45, 2.75) is 37.3 Å². The second-order valence-electron chi connectivity index (χ2n) is 6.76.